The van der Waals surface area contributed by atoms with Gasteiger partial charge in [-0.05, 0) is 232 Å². The molecule has 0 fully saturated rings. The van der Waals surface area contributed by atoms with Crippen molar-refractivity contribution in [1.29, 1.82) is 0 Å². The topological polar surface area (TPSA) is 90.5 Å². The first-order chi connectivity index (χ1) is 72.8. The highest BCUT2D eigenvalue weighted by atomic mass is 32.1. The fourth-order valence-electron chi connectivity index (χ4n) is 23.6. The molecule has 9 aromatic heterocycles. The third-order valence-electron chi connectivity index (χ3n) is 30.6. The van der Waals surface area contributed by atoms with Crippen molar-refractivity contribution in [3.8, 4) is 67.5 Å². The Morgan fingerprint density at radius 1 is 0.136 bits per heavy atom. The van der Waals surface area contributed by atoms with Crippen molar-refractivity contribution in [3.63, 3.8) is 0 Å². The third kappa shape index (κ3) is 13.3. The van der Waals surface area contributed by atoms with Crippen LogP contribution in [0.3, 0.4) is 0 Å². The Hall–Kier alpha value is -18.9. The van der Waals surface area contributed by atoms with Gasteiger partial charge in [0.15, 0.2) is 0 Å². The molecule has 147 heavy (non-hydrogen) atoms. The summed E-state index contributed by atoms with van der Waals surface area (Å²) in [4.78, 5) is 31.3. The second-order valence-electron chi connectivity index (χ2n) is 38.8. The molecule has 0 spiro atoms. The van der Waals surface area contributed by atoms with Gasteiger partial charge in [-0.15, -0.1) is 22.7 Å². The van der Waals surface area contributed by atoms with Crippen LogP contribution in [0.2, 0.25) is 0 Å². The van der Waals surface area contributed by atoms with Gasteiger partial charge in [0.1, 0.15) is 11.2 Å². The lowest BCUT2D eigenvalue weighted by molar-refractivity contribution is 0.670. The molecule has 33 rings (SSSR count). The number of pyridine rings is 6. The zero-order valence-corrected chi connectivity index (χ0v) is 80.6. The van der Waals surface area contributed by atoms with Gasteiger partial charge in [-0.2, -0.15) is 0 Å². The molecule has 0 aliphatic carbocycles. The van der Waals surface area contributed by atoms with Crippen molar-refractivity contribution in [1.82, 2.24) is 29.9 Å². The van der Waals surface area contributed by atoms with E-state index in [4.69, 9.17) is 34.3 Å². The molecule has 0 unspecified atom stereocenters. The summed E-state index contributed by atoms with van der Waals surface area (Å²) in [6.45, 7) is 0. The predicted octanol–water partition coefficient (Wildman–Crippen LogP) is 38.8. The molecular formula is C138H78N6OS2. The average molecular weight is 1900 g/mol. The van der Waals surface area contributed by atoms with Gasteiger partial charge >= 0.3 is 0 Å². The maximum Gasteiger partial charge on any atom is 0.136 e. The second kappa shape index (κ2) is 32.8. The van der Waals surface area contributed by atoms with E-state index in [0.29, 0.717) is 0 Å². The van der Waals surface area contributed by atoms with Crippen molar-refractivity contribution in [2.24, 2.45) is 0 Å². The minimum absolute atomic E-state index is 0.907. The van der Waals surface area contributed by atoms with Crippen molar-refractivity contribution in [2.45, 2.75) is 0 Å². The summed E-state index contributed by atoms with van der Waals surface area (Å²) in [6, 6.07) is 170. The Balaban J connectivity index is 0.0000000999. The van der Waals surface area contributed by atoms with Gasteiger partial charge in [-0.1, -0.05) is 370 Å². The van der Waals surface area contributed by atoms with Crippen molar-refractivity contribution >= 4 is 280 Å². The van der Waals surface area contributed by atoms with Crippen LogP contribution in [0.15, 0.2) is 478 Å². The molecule has 0 N–H and O–H groups in total. The summed E-state index contributed by atoms with van der Waals surface area (Å²) < 4.78 is 11.8. The molecule has 33 aromatic rings. The smallest absolute Gasteiger partial charge is 0.136 e. The maximum absolute atomic E-state index is 6.52. The Morgan fingerprint density at radius 3 is 0.830 bits per heavy atom. The summed E-state index contributed by atoms with van der Waals surface area (Å²) in [5.41, 5.74) is 19.7. The van der Waals surface area contributed by atoms with Crippen LogP contribution in [0.25, 0.3) is 325 Å². The summed E-state index contributed by atoms with van der Waals surface area (Å²) in [7, 11) is 0. The molecule has 0 saturated heterocycles. The number of benzene rings is 24. The van der Waals surface area contributed by atoms with Gasteiger partial charge in [0.25, 0.3) is 0 Å². The highest BCUT2D eigenvalue weighted by molar-refractivity contribution is 7.26. The third-order valence-corrected chi connectivity index (χ3v) is 32.8. The number of aromatic nitrogens is 6. The second-order valence-corrected chi connectivity index (χ2v) is 40.9. The van der Waals surface area contributed by atoms with E-state index in [1.807, 2.05) is 53.0 Å². The lowest BCUT2D eigenvalue weighted by Gasteiger charge is -2.13. The van der Waals surface area contributed by atoms with Gasteiger partial charge in [0, 0.05) is 117 Å². The minimum Gasteiger partial charge on any atom is -0.456 e. The summed E-state index contributed by atoms with van der Waals surface area (Å²) in [5, 5.41) is 44.4. The van der Waals surface area contributed by atoms with Crippen molar-refractivity contribution in [2.75, 3.05) is 0 Å². The van der Waals surface area contributed by atoms with Crippen LogP contribution in [-0.4, -0.2) is 29.9 Å². The molecule has 24 aromatic carbocycles. The fraction of sp³-hybridized carbons (Fsp3) is 0. The van der Waals surface area contributed by atoms with E-state index in [0.717, 1.165) is 150 Å². The van der Waals surface area contributed by atoms with Crippen LogP contribution in [0.4, 0.5) is 0 Å². The largest absolute Gasteiger partial charge is 0.456 e. The van der Waals surface area contributed by atoms with E-state index in [2.05, 4.69) is 443 Å². The summed E-state index contributed by atoms with van der Waals surface area (Å²) in [5.74, 6) is 0. The standard InChI is InChI=1S/C46H26N2O.2C46H26N2S/c1-2-9-28(10-3-1)40-21-17-29-14-15-30-18-22-41(48-46(30)45(29)47-40)31-16-20-35-36(24-31)33-12-6-7-13-34(33)37-25-39-43(26-38(35)37)49-42-23-19-27-8-4-5-11-32(27)44(39)42;1-2-10-27(11-3-1)40-22-20-28-18-19-29-21-23-41(48-46(29)45(28)47-40)38-26-43-44(35-17-9-8-16-34(35)38)39-24-36-32-14-6-4-12-30(32)31-13-5-7-15-33(31)37(36)25-42(39)49-43;1-2-9-28(10-3-1)40-21-17-29-14-15-30-18-22-41(48-46(30)45(29)47-40)31-16-20-35-36(24-31)33-12-6-7-13-34(33)37-25-39-43(26-38(35)37)49-42-23-19-27-8-4-5-11-32(27)44(39)42/h3*1-26H. The molecule has 7 nitrogen and oxygen atoms in total. The SMILES string of the molecule is c1ccc(-c2ccc3ccc4ccc(-c5cc6sc7cc8c9ccccc9c9ccccc9c8cc7c6c6ccccc56)nc4c3n2)cc1.c1ccc(-c2ccc3ccc4ccc(-c5ccc6c(c5)c5ccccc5c5cc7c(cc65)oc5ccc6ccccc6c57)nc4c3n2)cc1.c1ccc(-c2ccc3ccc4ccc(-c5ccc6c(c5)c5ccccc5c5cc7c(cc65)sc5ccc6ccccc6c57)nc4c3n2)cc1. The van der Waals surface area contributed by atoms with E-state index in [-0.39, 0.29) is 0 Å². The predicted molar refractivity (Wildman–Crippen MR) is 627 cm³/mol. The van der Waals surface area contributed by atoms with Gasteiger partial charge in [0.2, 0.25) is 0 Å². The van der Waals surface area contributed by atoms with E-state index < -0.39 is 0 Å². The van der Waals surface area contributed by atoms with Crippen LogP contribution >= 0.6 is 22.7 Å². The molecule has 0 radical (unpaired) electrons. The van der Waals surface area contributed by atoms with E-state index in [1.54, 1.807) is 0 Å². The van der Waals surface area contributed by atoms with Crippen LogP contribution in [0.1, 0.15) is 0 Å². The fourth-order valence-corrected chi connectivity index (χ4v) is 26.0. The number of thiophene rings is 2. The first kappa shape index (κ1) is 82.8. The number of hydrogen-bond acceptors (Lipinski definition) is 9. The molecule has 0 bridgehead atoms. The van der Waals surface area contributed by atoms with Crippen molar-refractivity contribution < 1.29 is 4.42 Å². The molecule has 678 valence electrons. The molecule has 0 saturated carbocycles. The van der Waals surface area contributed by atoms with Gasteiger partial charge in [0.05, 0.1) is 67.3 Å². The zero-order valence-electron chi connectivity index (χ0n) is 78.9. The minimum atomic E-state index is 0.907. The van der Waals surface area contributed by atoms with Crippen LogP contribution in [-0.2, 0) is 0 Å². The first-order valence-corrected chi connectivity index (χ1v) is 51.6. The van der Waals surface area contributed by atoms with Gasteiger partial charge in [-0.25, -0.2) is 29.9 Å². The Kier molecular flexibility index (Phi) is 18.5. The number of fused-ring (bicyclic) bond motifs is 42. The molecule has 9 heteroatoms. The number of rotatable bonds is 6. The molecule has 0 aliphatic rings. The molecule has 0 amide bonds. The highest BCUT2D eigenvalue weighted by Gasteiger charge is 2.24. The lowest BCUT2D eigenvalue weighted by atomic mass is 9.91. The van der Waals surface area contributed by atoms with E-state index in [9.17, 15) is 0 Å². The normalized spacial score (nSPS) is 12.1. The summed E-state index contributed by atoms with van der Waals surface area (Å²) >= 11 is 3.77. The zero-order chi connectivity index (χ0) is 96.2. The van der Waals surface area contributed by atoms with Crippen LogP contribution in [0, 0.1) is 0 Å². The van der Waals surface area contributed by atoms with Gasteiger partial charge < -0.3 is 4.42 Å². The van der Waals surface area contributed by atoms with Gasteiger partial charge in [-0.3, -0.25) is 0 Å². The molecule has 9 heterocycles. The monoisotopic (exact) mass is 1900 g/mol. The number of nitrogens with zero attached hydrogens (tertiary/aromatic N) is 6. The molecule has 0 aliphatic heterocycles. The quantitative estimate of drug-likeness (QED) is 0.153. The maximum atomic E-state index is 6.52. The number of furan rings is 1. The average Bonchev–Trinajstić information content (AvgIpc) is 1.56. The van der Waals surface area contributed by atoms with Crippen molar-refractivity contribution in [3.05, 3.63) is 473 Å². The van der Waals surface area contributed by atoms with Crippen LogP contribution < -0.4 is 0 Å². The Bertz CT molecular complexity index is 11100. The Labute approximate surface area is 848 Å². The Morgan fingerprint density at radius 2 is 0.415 bits per heavy atom. The summed E-state index contributed by atoms with van der Waals surface area (Å²) in [6.07, 6.45) is 0. The number of hydrogen-bond donors (Lipinski definition) is 0. The molecular weight excluding hydrogens is 1820 g/mol. The van der Waals surface area contributed by atoms with Crippen LogP contribution in [0.5, 0.6) is 0 Å². The highest BCUT2D eigenvalue weighted by Crippen LogP contribution is 2.51. The lowest BCUT2D eigenvalue weighted by Crippen LogP contribution is -1.91. The van der Waals surface area contributed by atoms with E-state index >= 15 is 0 Å². The first-order valence-electron chi connectivity index (χ1n) is 50.0. The molecule has 0 atom stereocenters. The van der Waals surface area contributed by atoms with E-state index in [1.165, 1.54) is 175 Å².